The third-order valence-corrected chi connectivity index (χ3v) is 5.32. The maximum Gasteiger partial charge on any atom is 0.225 e. The van der Waals surface area contributed by atoms with Crippen LogP contribution in [0.5, 0.6) is 0 Å². The van der Waals surface area contributed by atoms with Crippen LogP contribution in [0, 0.1) is 5.92 Å². The summed E-state index contributed by atoms with van der Waals surface area (Å²) in [7, 11) is 1.65. The normalized spacial score (nSPS) is 24.4. The minimum atomic E-state index is -0.360. The Balaban J connectivity index is 1.91. The van der Waals surface area contributed by atoms with Gasteiger partial charge in [-0.3, -0.25) is 9.59 Å². The van der Waals surface area contributed by atoms with Gasteiger partial charge in [-0.2, -0.15) is 0 Å². The van der Waals surface area contributed by atoms with Gasteiger partial charge in [-0.25, -0.2) is 0 Å². The molecule has 0 aromatic rings. The summed E-state index contributed by atoms with van der Waals surface area (Å²) in [6.07, 6.45) is 8.31. The molecule has 1 aliphatic heterocycles. The second-order valence-corrected chi connectivity index (χ2v) is 7.61. The van der Waals surface area contributed by atoms with E-state index in [9.17, 15) is 9.59 Å². The number of ether oxygens (including phenoxy) is 1. The van der Waals surface area contributed by atoms with Gasteiger partial charge in [0.15, 0.2) is 0 Å². The first-order valence-electron chi connectivity index (χ1n) is 9.05. The van der Waals surface area contributed by atoms with E-state index in [1.54, 1.807) is 7.11 Å². The first-order valence-corrected chi connectivity index (χ1v) is 9.05. The molecule has 1 saturated heterocycles. The van der Waals surface area contributed by atoms with Gasteiger partial charge in [0, 0.05) is 32.7 Å². The molecule has 2 fully saturated rings. The molecule has 0 spiro atoms. The molecule has 1 unspecified atom stereocenters. The minimum Gasteiger partial charge on any atom is -0.377 e. The van der Waals surface area contributed by atoms with Gasteiger partial charge in [0.2, 0.25) is 11.8 Å². The van der Waals surface area contributed by atoms with Crippen LogP contribution >= 0.6 is 0 Å². The lowest BCUT2D eigenvalue weighted by atomic mass is 9.93. The predicted octanol–water partition coefficient (Wildman–Crippen LogP) is 2.49. The van der Waals surface area contributed by atoms with Crippen molar-refractivity contribution >= 4 is 11.8 Å². The highest BCUT2D eigenvalue weighted by Crippen LogP contribution is 2.27. The van der Waals surface area contributed by atoms with Crippen LogP contribution in [0.15, 0.2) is 0 Å². The molecule has 1 N–H and O–H groups in total. The average Bonchev–Trinajstić information content (AvgIpc) is 2.82. The lowest BCUT2D eigenvalue weighted by Crippen LogP contribution is -2.51. The Morgan fingerprint density at radius 3 is 2.48 bits per heavy atom. The largest absolute Gasteiger partial charge is 0.377 e. The standard InChI is InChI=1S/C18H32N2O3/c1-18(2,23-3)13-19-17(22)14-10-11-16(21)20(12-14)15-8-6-4-5-7-9-15/h14-15H,4-13H2,1-3H3,(H,19,22). The number of hydrogen-bond acceptors (Lipinski definition) is 3. The fourth-order valence-electron chi connectivity index (χ4n) is 3.52. The number of piperidine rings is 1. The summed E-state index contributed by atoms with van der Waals surface area (Å²) in [6, 6.07) is 0.344. The maximum absolute atomic E-state index is 12.5. The van der Waals surface area contributed by atoms with Crippen LogP contribution in [0.3, 0.4) is 0 Å². The molecule has 23 heavy (non-hydrogen) atoms. The topological polar surface area (TPSA) is 58.6 Å². The lowest BCUT2D eigenvalue weighted by Gasteiger charge is -2.38. The second-order valence-electron chi connectivity index (χ2n) is 7.61. The molecule has 0 aromatic carbocycles. The quantitative estimate of drug-likeness (QED) is 0.791. The molecule has 0 aromatic heterocycles. The molecule has 5 heteroatoms. The molecule has 132 valence electrons. The first-order chi connectivity index (χ1) is 10.9. The Morgan fingerprint density at radius 2 is 1.87 bits per heavy atom. The van der Waals surface area contributed by atoms with Gasteiger partial charge in [0.25, 0.3) is 0 Å². The van der Waals surface area contributed by atoms with Crippen molar-refractivity contribution < 1.29 is 14.3 Å². The zero-order chi connectivity index (χ0) is 16.9. The highest BCUT2D eigenvalue weighted by Gasteiger charge is 2.34. The molecule has 1 heterocycles. The van der Waals surface area contributed by atoms with Crippen LogP contribution in [0.4, 0.5) is 0 Å². The van der Waals surface area contributed by atoms with E-state index in [4.69, 9.17) is 4.74 Å². The molecule has 1 atom stereocenters. The van der Waals surface area contributed by atoms with Crippen molar-refractivity contribution in [2.24, 2.45) is 5.92 Å². The SMILES string of the molecule is COC(C)(C)CNC(=O)C1CCC(=O)N(C2CCCCCC2)C1. The molecule has 1 saturated carbocycles. The Kier molecular flexibility index (Phi) is 6.45. The Bertz CT molecular complexity index is 414. The third kappa shape index (κ3) is 5.20. The molecule has 1 aliphatic carbocycles. The Morgan fingerprint density at radius 1 is 1.22 bits per heavy atom. The van der Waals surface area contributed by atoms with Crippen LogP contribution in [-0.4, -0.2) is 48.6 Å². The number of carbonyl (C=O) groups excluding carboxylic acids is 2. The molecule has 0 radical (unpaired) electrons. The van der Waals surface area contributed by atoms with Gasteiger partial charge in [0.05, 0.1) is 11.5 Å². The zero-order valence-corrected chi connectivity index (χ0v) is 14.9. The highest BCUT2D eigenvalue weighted by molar-refractivity contribution is 5.84. The first kappa shape index (κ1) is 18.2. The smallest absolute Gasteiger partial charge is 0.225 e. The van der Waals surface area contributed by atoms with Crippen molar-refractivity contribution in [3.63, 3.8) is 0 Å². The number of methoxy groups -OCH3 is 1. The van der Waals surface area contributed by atoms with Gasteiger partial charge >= 0.3 is 0 Å². The summed E-state index contributed by atoms with van der Waals surface area (Å²) in [5, 5.41) is 2.99. The zero-order valence-electron chi connectivity index (χ0n) is 14.9. The van der Waals surface area contributed by atoms with Crippen molar-refractivity contribution in [2.75, 3.05) is 20.2 Å². The van der Waals surface area contributed by atoms with Crippen molar-refractivity contribution in [1.82, 2.24) is 10.2 Å². The fourth-order valence-corrected chi connectivity index (χ4v) is 3.52. The minimum absolute atomic E-state index is 0.0567. The van der Waals surface area contributed by atoms with Crippen molar-refractivity contribution in [3.05, 3.63) is 0 Å². The number of nitrogens with zero attached hydrogens (tertiary/aromatic N) is 1. The third-order valence-electron chi connectivity index (χ3n) is 5.32. The highest BCUT2D eigenvalue weighted by atomic mass is 16.5. The van der Waals surface area contributed by atoms with E-state index in [1.165, 1.54) is 25.7 Å². The van der Waals surface area contributed by atoms with E-state index in [0.29, 0.717) is 32.0 Å². The molecule has 2 aliphatic rings. The number of likely N-dealkylation sites (tertiary alicyclic amines) is 1. The van der Waals surface area contributed by atoms with Crippen molar-refractivity contribution in [1.29, 1.82) is 0 Å². The summed E-state index contributed by atoms with van der Waals surface area (Å²) >= 11 is 0. The summed E-state index contributed by atoms with van der Waals surface area (Å²) in [5.41, 5.74) is -0.360. The van der Waals surface area contributed by atoms with Crippen molar-refractivity contribution in [3.8, 4) is 0 Å². The average molecular weight is 324 g/mol. The summed E-state index contributed by atoms with van der Waals surface area (Å²) < 4.78 is 5.34. The molecule has 0 bridgehead atoms. The van der Waals surface area contributed by atoms with Crippen LogP contribution in [0.25, 0.3) is 0 Å². The van der Waals surface area contributed by atoms with Gasteiger partial charge < -0.3 is 15.0 Å². The van der Waals surface area contributed by atoms with E-state index < -0.39 is 0 Å². The van der Waals surface area contributed by atoms with E-state index in [2.05, 4.69) is 5.32 Å². The van der Waals surface area contributed by atoms with Gasteiger partial charge in [0.1, 0.15) is 0 Å². The second kappa shape index (κ2) is 8.13. The van der Waals surface area contributed by atoms with Gasteiger partial charge in [-0.1, -0.05) is 25.7 Å². The summed E-state index contributed by atoms with van der Waals surface area (Å²) in [6.45, 7) is 4.99. The fraction of sp³-hybridized carbons (Fsp3) is 0.889. The van der Waals surface area contributed by atoms with Crippen LogP contribution in [0.2, 0.25) is 0 Å². The van der Waals surface area contributed by atoms with Crippen LogP contribution in [0.1, 0.15) is 65.2 Å². The number of rotatable bonds is 5. The molecular weight excluding hydrogens is 292 g/mol. The van der Waals surface area contributed by atoms with E-state index in [1.807, 2.05) is 18.7 Å². The Hall–Kier alpha value is -1.10. The molecule has 2 rings (SSSR count). The van der Waals surface area contributed by atoms with Crippen LogP contribution in [-0.2, 0) is 14.3 Å². The number of amides is 2. The lowest BCUT2D eigenvalue weighted by molar-refractivity contribution is -0.141. The summed E-state index contributed by atoms with van der Waals surface area (Å²) in [5.74, 6) is 0.211. The molecule has 2 amide bonds. The monoisotopic (exact) mass is 324 g/mol. The number of carbonyl (C=O) groups is 2. The van der Waals surface area contributed by atoms with Gasteiger partial charge in [-0.05, 0) is 33.1 Å². The number of hydrogen-bond donors (Lipinski definition) is 1. The molecule has 5 nitrogen and oxygen atoms in total. The van der Waals surface area contributed by atoms with E-state index in [0.717, 1.165) is 12.8 Å². The maximum atomic E-state index is 12.5. The van der Waals surface area contributed by atoms with E-state index >= 15 is 0 Å². The Labute approximate surface area is 140 Å². The summed E-state index contributed by atoms with van der Waals surface area (Å²) in [4.78, 5) is 26.8. The van der Waals surface area contributed by atoms with Crippen LogP contribution < -0.4 is 5.32 Å². The number of nitrogens with one attached hydrogen (secondary N) is 1. The molecular formula is C18H32N2O3. The van der Waals surface area contributed by atoms with Crippen molar-refractivity contribution in [2.45, 2.75) is 76.9 Å². The van der Waals surface area contributed by atoms with Gasteiger partial charge in [-0.15, -0.1) is 0 Å². The predicted molar refractivity (Wildman–Crippen MR) is 90.0 cm³/mol. The van der Waals surface area contributed by atoms with E-state index in [-0.39, 0.29) is 23.3 Å².